The van der Waals surface area contributed by atoms with E-state index < -0.39 is 26.6 Å². The number of piperidine rings is 1. The molecular weight excluding hydrogens is 731 g/mol. The highest BCUT2D eigenvalue weighted by Crippen LogP contribution is 2.46. The molecule has 12 heteroatoms. The number of rotatable bonds is 23. The summed E-state index contributed by atoms with van der Waals surface area (Å²) in [4.78, 5) is 14.1. The SMILES string of the molecule is COCCCOc1cc(CO[C@H]2CN(C(=O)O)C[C@@H](O[Si](C(C)C)(C(C)C)C(C)C)[C@@H]2c2ccc(OCCCOCc3ccccc3OC)cc2)ccc1OC. The van der Waals surface area contributed by atoms with Gasteiger partial charge in [0.2, 0.25) is 8.32 Å². The van der Waals surface area contributed by atoms with Crippen LogP contribution in [0.5, 0.6) is 23.0 Å². The number of para-hydroxylation sites is 1. The molecule has 1 N–H and O–H groups in total. The third kappa shape index (κ3) is 11.9. The molecule has 310 valence electrons. The van der Waals surface area contributed by atoms with Crippen LogP contribution in [0.2, 0.25) is 16.6 Å². The highest BCUT2D eigenvalue weighted by atomic mass is 28.4. The monoisotopic (exact) mass is 795 g/mol. The fourth-order valence-corrected chi connectivity index (χ4v) is 13.7. The van der Waals surface area contributed by atoms with Gasteiger partial charge in [-0.1, -0.05) is 77.9 Å². The average molecular weight is 796 g/mol. The molecule has 1 amide bonds. The van der Waals surface area contributed by atoms with Crippen LogP contribution in [-0.2, 0) is 31.9 Å². The Hall–Kier alpha value is -3.81. The second kappa shape index (κ2) is 22.2. The minimum Gasteiger partial charge on any atom is -0.496 e. The van der Waals surface area contributed by atoms with Crippen molar-refractivity contribution in [3.05, 3.63) is 83.4 Å². The maximum atomic E-state index is 12.7. The number of amides is 1. The van der Waals surface area contributed by atoms with Crippen LogP contribution < -0.4 is 18.9 Å². The lowest BCUT2D eigenvalue weighted by atomic mass is 9.84. The second-order valence-electron chi connectivity index (χ2n) is 15.4. The third-order valence-electron chi connectivity index (χ3n) is 10.8. The van der Waals surface area contributed by atoms with E-state index in [2.05, 4.69) is 53.7 Å². The molecule has 0 radical (unpaired) electrons. The number of likely N-dealkylation sites (tertiary alicyclic amines) is 1. The summed E-state index contributed by atoms with van der Waals surface area (Å²) in [6, 6.07) is 21.7. The lowest BCUT2D eigenvalue weighted by molar-refractivity contribution is -0.0630. The second-order valence-corrected chi connectivity index (χ2v) is 20.8. The van der Waals surface area contributed by atoms with Gasteiger partial charge < -0.3 is 47.6 Å². The summed E-state index contributed by atoms with van der Waals surface area (Å²) < 4.78 is 48.4. The number of benzene rings is 3. The van der Waals surface area contributed by atoms with Gasteiger partial charge in [-0.2, -0.15) is 0 Å². The molecule has 1 aliphatic rings. The van der Waals surface area contributed by atoms with Crippen LogP contribution in [0.25, 0.3) is 0 Å². The van der Waals surface area contributed by atoms with Gasteiger partial charge in [-0.15, -0.1) is 0 Å². The van der Waals surface area contributed by atoms with Gasteiger partial charge in [0.05, 0.1) is 66.0 Å². The lowest BCUT2D eigenvalue weighted by Gasteiger charge is -2.50. The van der Waals surface area contributed by atoms with E-state index in [-0.39, 0.29) is 25.6 Å². The van der Waals surface area contributed by atoms with Crippen LogP contribution >= 0.6 is 0 Å². The molecule has 0 spiro atoms. The Morgan fingerprint density at radius 3 is 2.02 bits per heavy atom. The number of hydrogen-bond acceptors (Lipinski definition) is 9. The first-order valence-electron chi connectivity index (χ1n) is 19.9. The van der Waals surface area contributed by atoms with Gasteiger partial charge >= 0.3 is 6.09 Å². The number of methoxy groups -OCH3 is 3. The maximum absolute atomic E-state index is 12.7. The van der Waals surface area contributed by atoms with Gasteiger partial charge in [0.15, 0.2) is 11.5 Å². The van der Waals surface area contributed by atoms with Gasteiger partial charge in [-0.05, 0) is 58.1 Å². The van der Waals surface area contributed by atoms with Gasteiger partial charge in [-0.3, -0.25) is 0 Å². The van der Waals surface area contributed by atoms with Crippen LogP contribution in [0.3, 0.4) is 0 Å². The predicted molar refractivity (Wildman–Crippen MR) is 221 cm³/mol. The van der Waals surface area contributed by atoms with E-state index in [0.29, 0.717) is 61.2 Å². The number of nitrogens with zero attached hydrogens (tertiary/aromatic N) is 1. The number of carbonyl (C=O) groups is 1. The Morgan fingerprint density at radius 1 is 0.732 bits per heavy atom. The normalized spacial score (nSPS) is 17.4. The van der Waals surface area contributed by atoms with Crippen molar-refractivity contribution in [2.45, 2.75) is 102 Å². The van der Waals surface area contributed by atoms with Crippen molar-refractivity contribution < 1.29 is 47.5 Å². The van der Waals surface area contributed by atoms with Crippen molar-refractivity contribution in [2.24, 2.45) is 0 Å². The molecule has 0 unspecified atom stereocenters. The van der Waals surface area contributed by atoms with Gasteiger partial charge in [0.25, 0.3) is 0 Å². The molecule has 0 aromatic heterocycles. The first kappa shape index (κ1) is 44.9. The van der Waals surface area contributed by atoms with E-state index in [1.165, 1.54) is 4.90 Å². The molecule has 3 atom stereocenters. The molecule has 1 aliphatic heterocycles. The summed E-state index contributed by atoms with van der Waals surface area (Å²) in [5.74, 6) is 2.60. The zero-order valence-electron chi connectivity index (χ0n) is 35.0. The molecule has 0 aliphatic carbocycles. The maximum Gasteiger partial charge on any atom is 0.407 e. The summed E-state index contributed by atoms with van der Waals surface area (Å²) in [6.07, 6.45) is -0.403. The van der Waals surface area contributed by atoms with E-state index >= 15 is 0 Å². The first-order valence-corrected chi connectivity index (χ1v) is 22.1. The number of ether oxygens (including phenoxy) is 7. The van der Waals surface area contributed by atoms with Crippen molar-refractivity contribution >= 4 is 14.4 Å². The smallest absolute Gasteiger partial charge is 0.407 e. The average Bonchev–Trinajstić information content (AvgIpc) is 3.18. The van der Waals surface area contributed by atoms with Crippen molar-refractivity contribution in [3.63, 3.8) is 0 Å². The molecule has 4 rings (SSSR count). The summed E-state index contributed by atoms with van der Waals surface area (Å²) in [5, 5.41) is 10.4. The van der Waals surface area contributed by atoms with Gasteiger partial charge in [0.1, 0.15) is 11.5 Å². The van der Waals surface area contributed by atoms with Crippen molar-refractivity contribution in [3.8, 4) is 23.0 Å². The molecule has 0 bridgehead atoms. The molecule has 56 heavy (non-hydrogen) atoms. The Kier molecular flexibility index (Phi) is 17.8. The van der Waals surface area contributed by atoms with E-state index in [0.717, 1.165) is 41.0 Å². The number of hydrogen-bond donors (Lipinski definition) is 1. The Balaban J connectivity index is 1.55. The van der Waals surface area contributed by atoms with Crippen LogP contribution in [0, 0.1) is 0 Å². The van der Waals surface area contributed by atoms with Crippen molar-refractivity contribution in [1.29, 1.82) is 0 Å². The fraction of sp³-hybridized carbons (Fsp3) is 0.568. The molecular formula is C44H65NO10Si. The summed E-state index contributed by atoms with van der Waals surface area (Å²) in [7, 11) is 2.51. The summed E-state index contributed by atoms with van der Waals surface area (Å²) in [6.45, 7) is 16.8. The molecule has 1 fully saturated rings. The largest absolute Gasteiger partial charge is 0.496 e. The van der Waals surface area contributed by atoms with Gasteiger partial charge in [0, 0.05) is 44.6 Å². The molecule has 1 saturated heterocycles. The van der Waals surface area contributed by atoms with E-state index in [1.54, 1.807) is 21.3 Å². The highest BCUT2D eigenvalue weighted by molar-refractivity contribution is 6.77. The topological polar surface area (TPSA) is 114 Å². The minimum atomic E-state index is -2.43. The fourth-order valence-electron chi connectivity index (χ4n) is 8.15. The minimum absolute atomic E-state index is 0.211. The van der Waals surface area contributed by atoms with Crippen LogP contribution in [-0.4, -0.2) is 97.5 Å². The van der Waals surface area contributed by atoms with Crippen molar-refractivity contribution in [1.82, 2.24) is 4.90 Å². The van der Waals surface area contributed by atoms with E-state index in [4.69, 9.17) is 37.6 Å². The third-order valence-corrected chi connectivity index (χ3v) is 16.9. The Labute approximate surface area is 335 Å². The Morgan fingerprint density at radius 2 is 1.38 bits per heavy atom. The van der Waals surface area contributed by atoms with Crippen molar-refractivity contribution in [2.75, 3.05) is 60.8 Å². The molecule has 1 heterocycles. The first-order chi connectivity index (χ1) is 26.9. The summed E-state index contributed by atoms with van der Waals surface area (Å²) in [5.41, 5.74) is 3.88. The molecule has 3 aromatic rings. The lowest BCUT2D eigenvalue weighted by Crippen LogP contribution is -2.59. The van der Waals surface area contributed by atoms with Gasteiger partial charge in [-0.25, -0.2) is 4.79 Å². The molecule has 0 saturated carbocycles. The van der Waals surface area contributed by atoms with Crippen LogP contribution in [0.15, 0.2) is 66.7 Å². The number of carboxylic acid groups (broad SMARTS) is 1. The molecule has 3 aromatic carbocycles. The van der Waals surface area contributed by atoms with Crippen LogP contribution in [0.4, 0.5) is 4.79 Å². The molecule has 11 nitrogen and oxygen atoms in total. The van der Waals surface area contributed by atoms with E-state index in [9.17, 15) is 9.90 Å². The predicted octanol–water partition coefficient (Wildman–Crippen LogP) is 9.33. The van der Waals surface area contributed by atoms with Crippen LogP contribution in [0.1, 0.15) is 77.0 Å². The van der Waals surface area contributed by atoms with E-state index in [1.807, 2.05) is 54.6 Å². The zero-order valence-corrected chi connectivity index (χ0v) is 36.0. The Bertz CT molecular complexity index is 1600. The quantitative estimate of drug-likeness (QED) is 0.0736. The summed E-state index contributed by atoms with van der Waals surface area (Å²) >= 11 is 0. The zero-order chi connectivity index (χ0) is 40.7. The highest BCUT2D eigenvalue weighted by Gasteiger charge is 2.51. The standard InChI is InChI=1S/C44H65NO10Si/c1-31(2)56(32(3)4,33(5)6)55-42-28-45(44(46)47)27-41(54-29-34-16-21-39(50-9)40(26-34)53-25-12-22-48-7)43(42)35-17-19-37(20-18-35)52-24-13-23-51-30-36-14-10-11-15-38(36)49-8/h10-11,14-21,26,31-33,41-43H,12-13,22-25,27-30H2,1-9H3,(H,46,47)/t41-,42+,43+/m0/s1.